The van der Waals surface area contributed by atoms with Gasteiger partial charge in [-0.25, -0.2) is 5.43 Å². The van der Waals surface area contributed by atoms with Crippen molar-refractivity contribution in [2.75, 3.05) is 19.1 Å². The number of anilines is 1. The van der Waals surface area contributed by atoms with Crippen molar-refractivity contribution in [3.63, 3.8) is 0 Å². The van der Waals surface area contributed by atoms with Crippen molar-refractivity contribution >= 4 is 12.2 Å². The molecule has 1 aromatic heterocycles. The number of nitrogens with zero attached hydrogens (tertiary/aromatic N) is 4. The first-order chi connectivity index (χ1) is 9.83. The first kappa shape index (κ1) is 13.8. The standard InChI is InChI=1S/C12H16N6O2/c1-3-6-20-10-5-4-9(7-11(10)19-2)8-13-14-12-15-17-18-16-12/h4-5,7-8H,3,6H2,1-2H3,(H2,14,15,16,17,18)/b13-8+. The Balaban J connectivity index is 2.03. The Hall–Kier alpha value is -2.64. The van der Waals surface area contributed by atoms with Crippen molar-refractivity contribution in [3.05, 3.63) is 23.8 Å². The maximum Gasteiger partial charge on any atom is 0.283 e. The van der Waals surface area contributed by atoms with Gasteiger partial charge in [-0.05, 0) is 35.4 Å². The minimum absolute atomic E-state index is 0.302. The van der Waals surface area contributed by atoms with Gasteiger partial charge in [0.25, 0.3) is 5.95 Å². The van der Waals surface area contributed by atoms with Gasteiger partial charge in [0.15, 0.2) is 11.5 Å². The summed E-state index contributed by atoms with van der Waals surface area (Å²) in [6, 6.07) is 5.57. The van der Waals surface area contributed by atoms with E-state index in [0.717, 1.165) is 17.7 Å². The van der Waals surface area contributed by atoms with Crippen LogP contribution in [0.1, 0.15) is 18.9 Å². The van der Waals surface area contributed by atoms with E-state index < -0.39 is 0 Å². The average Bonchev–Trinajstić information content (AvgIpc) is 2.99. The van der Waals surface area contributed by atoms with Crippen LogP contribution in [0.5, 0.6) is 11.5 Å². The normalized spacial score (nSPS) is 10.7. The highest BCUT2D eigenvalue weighted by Crippen LogP contribution is 2.27. The topological polar surface area (TPSA) is 97.3 Å². The number of H-pyrrole nitrogens is 1. The second-order valence-corrected chi connectivity index (χ2v) is 3.86. The Morgan fingerprint density at radius 3 is 3.00 bits per heavy atom. The largest absolute Gasteiger partial charge is 0.493 e. The molecule has 1 aromatic carbocycles. The molecule has 0 atom stereocenters. The van der Waals surface area contributed by atoms with Crippen molar-refractivity contribution in [2.45, 2.75) is 13.3 Å². The zero-order chi connectivity index (χ0) is 14.2. The summed E-state index contributed by atoms with van der Waals surface area (Å²) in [5.41, 5.74) is 3.50. The first-order valence-corrected chi connectivity index (χ1v) is 6.17. The van der Waals surface area contributed by atoms with Crippen LogP contribution in [0.2, 0.25) is 0 Å². The third-order valence-corrected chi connectivity index (χ3v) is 2.37. The maximum atomic E-state index is 5.58. The SMILES string of the molecule is CCCOc1ccc(/C=N/Nc2nn[nH]n2)cc1OC. The molecule has 0 saturated carbocycles. The van der Waals surface area contributed by atoms with Crippen LogP contribution in [-0.2, 0) is 0 Å². The van der Waals surface area contributed by atoms with Crippen LogP contribution in [0.3, 0.4) is 0 Å². The molecule has 0 fully saturated rings. The molecule has 0 radical (unpaired) electrons. The molecule has 0 amide bonds. The van der Waals surface area contributed by atoms with Crippen LogP contribution in [0, 0.1) is 0 Å². The van der Waals surface area contributed by atoms with Gasteiger partial charge < -0.3 is 9.47 Å². The van der Waals surface area contributed by atoms with Crippen molar-refractivity contribution in [1.29, 1.82) is 0 Å². The molecule has 8 heteroatoms. The number of tetrazole rings is 1. The highest BCUT2D eigenvalue weighted by molar-refractivity contribution is 5.81. The molecule has 20 heavy (non-hydrogen) atoms. The number of rotatable bonds is 7. The van der Waals surface area contributed by atoms with Crippen LogP contribution in [-0.4, -0.2) is 40.6 Å². The zero-order valence-corrected chi connectivity index (χ0v) is 11.3. The lowest BCUT2D eigenvalue weighted by molar-refractivity contribution is 0.294. The van der Waals surface area contributed by atoms with E-state index in [-0.39, 0.29) is 0 Å². The minimum Gasteiger partial charge on any atom is -0.493 e. The number of hydrogen-bond acceptors (Lipinski definition) is 7. The molecular formula is C12H16N6O2. The molecule has 2 N–H and O–H groups in total. The van der Waals surface area contributed by atoms with E-state index in [1.54, 1.807) is 13.3 Å². The predicted octanol–water partition coefficient (Wildman–Crippen LogP) is 1.44. The summed E-state index contributed by atoms with van der Waals surface area (Å²) in [7, 11) is 1.60. The Labute approximate surface area is 116 Å². The number of aromatic amines is 1. The molecule has 0 unspecified atom stereocenters. The van der Waals surface area contributed by atoms with E-state index in [1.807, 2.05) is 18.2 Å². The highest BCUT2D eigenvalue weighted by Gasteiger charge is 2.04. The van der Waals surface area contributed by atoms with Crippen LogP contribution < -0.4 is 14.9 Å². The minimum atomic E-state index is 0.302. The van der Waals surface area contributed by atoms with Gasteiger partial charge in [-0.15, -0.1) is 5.10 Å². The van der Waals surface area contributed by atoms with Crippen LogP contribution in [0.15, 0.2) is 23.3 Å². The van der Waals surface area contributed by atoms with Gasteiger partial charge in [-0.1, -0.05) is 12.0 Å². The van der Waals surface area contributed by atoms with Gasteiger partial charge in [0.2, 0.25) is 0 Å². The van der Waals surface area contributed by atoms with Gasteiger partial charge >= 0.3 is 0 Å². The van der Waals surface area contributed by atoms with Crippen LogP contribution in [0.4, 0.5) is 5.95 Å². The predicted molar refractivity (Wildman–Crippen MR) is 74.2 cm³/mol. The maximum absolute atomic E-state index is 5.58. The number of methoxy groups -OCH3 is 1. The number of ether oxygens (including phenoxy) is 2. The van der Waals surface area contributed by atoms with Gasteiger partial charge in [0.1, 0.15) is 0 Å². The van der Waals surface area contributed by atoms with Crippen LogP contribution in [0.25, 0.3) is 0 Å². The lowest BCUT2D eigenvalue weighted by atomic mass is 10.2. The van der Waals surface area contributed by atoms with E-state index in [1.165, 1.54) is 0 Å². The summed E-state index contributed by atoms with van der Waals surface area (Å²) in [5.74, 6) is 1.69. The molecule has 2 rings (SSSR count). The molecule has 2 aromatic rings. The summed E-state index contributed by atoms with van der Waals surface area (Å²) >= 11 is 0. The molecule has 106 valence electrons. The van der Waals surface area contributed by atoms with Gasteiger partial charge in [-0.3, -0.25) is 0 Å². The Morgan fingerprint density at radius 2 is 2.30 bits per heavy atom. The van der Waals surface area contributed by atoms with Crippen molar-refractivity contribution in [2.24, 2.45) is 5.10 Å². The van der Waals surface area contributed by atoms with Crippen LogP contribution >= 0.6 is 0 Å². The number of nitrogens with one attached hydrogen (secondary N) is 2. The number of hydrazone groups is 1. The van der Waals surface area contributed by atoms with Gasteiger partial charge in [0, 0.05) is 0 Å². The Kier molecular flexibility index (Phi) is 4.87. The molecule has 1 heterocycles. The van der Waals surface area contributed by atoms with Gasteiger partial charge in [0.05, 0.1) is 19.9 Å². The third-order valence-electron chi connectivity index (χ3n) is 2.37. The first-order valence-electron chi connectivity index (χ1n) is 6.17. The second-order valence-electron chi connectivity index (χ2n) is 3.86. The second kappa shape index (κ2) is 7.07. The van der Waals surface area contributed by atoms with Crippen molar-refractivity contribution in [1.82, 2.24) is 20.6 Å². The quantitative estimate of drug-likeness (QED) is 0.586. The highest BCUT2D eigenvalue weighted by atomic mass is 16.5. The molecular weight excluding hydrogens is 260 g/mol. The summed E-state index contributed by atoms with van der Waals surface area (Å²) in [5, 5.41) is 17.1. The number of benzene rings is 1. The summed E-state index contributed by atoms with van der Waals surface area (Å²) in [6.45, 7) is 2.71. The van der Waals surface area contributed by atoms with Gasteiger partial charge in [-0.2, -0.15) is 10.3 Å². The number of hydrogen-bond donors (Lipinski definition) is 2. The van der Waals surface area contributed by atoms with E-state index in [4.69, 9.17) is 9.47 Å². The fourth-order valence-corrected chi connectivity index (χ4v) is 1.47. The van der Waals surface area contributed by atoms with Crippen molar-refractivity contribution < 1.29 is 9.47 Å². The lowest BCUT2D eigenvalue weighted by Crippen LogP contribution is -1.99. The number of aromatic nitrogens is 4. The molecule has 0 aliphatic rings. The molecule has 0 spiro atoms. The molecule has 8 nitrogen and oxygen atoms in total. The molecule has 0 saturated heterocycles. The molecule has 0 aliphatic heterocycles. The lowest BCUT2D eigenvalue weighted by Gasteiger charge is -2.10. The average molecular weight is 276 g/mol. The molecule has 0 aliphatic carbocycles. The Morgan fingerprint density at radius 1 is 1.40 bits per heavy atom. The summed E-state index contributed by atoms with van der Waals surface area (Å²) in [6.07, 6.45) is 2.57. The fourth-order valence-electron chi connectivity index (χ4n) is 1.47. The Bertz CT molecular complexity index is 555. The zero-order valence-electron chi connectivity index (χ0n) is 11.3. The monoisotopic (exact) mass is 276 g/mol. The van der Waals surface area contributed by atoms with E-state index >= 15 is 0 Å². The fraction of sp³-hybridized carbons (Fsp3) is 0.333. The molecule has 0 bridgehead atoms. The summed E-state index contributed by atoms with van der Waals surface area (Å²) in [4.78, 5) is 0. The van der Waals surface area contributed by atoms with E-state index in [9.17, 15) is 0 Å². The smallest absolute Gasteiger partial charge is 0.283 e. The summed E-state index contributed by atoms with van der Waals surface area (Å²) < 4.78 is 10.9. The van der Waals surface area contributed by atoms with Crippen molar-refractivity contribution in [3.8, 4) is 11.5 Å². The third kappa shape index (κ3) is 3.67. The van der Waals surface area contributed by atoms with E-state index in [2.05, 4.69) is 38.1 Å². The van der Waals surface area contributed by atoms with E-state index in [0.29, 0.717) is 18.3 Å².